The highest BCUT2D eigenvalue weighted by Gasteiger charge is 2.24. The van der Waals surface area contributed by atoms with Crippen molar-refractivity contribution in [1.82, 2.24) is 9.88 Å². The molecule has 0 unspecified atom stereocenters. The normalized spacial score (nSPS) is 16.6. The lowest BCUT2D eigenvalue weighted by atomic mass is 10.1. The van der Waals surface area contributed by atoms with Crippen LogP contribution in [0.4, 0.5) is 0 Å². The first-order valence-electron chi connectivity index (χ1n) is 6.83. The number of hydrogen-bond acceptors (Lipinski definition) is 4. The summed E-state index contributed by atoms with van der Waals surface area (Å²) in [5.74, 6) is 0.0148. The van der Waals surface area contributed by atoms with Gasteiger partial charge in [-0.25, -0.2) is 0 Å². The summed E-state index contributed by atoms with van der Waals surface area (Å²) < 4.78 is 5.72. The molecule has 1 fully saturated rings. The Hall–Kier alpha value is -1.46. The molecule has 1 amide bonds. The molecule has 2 heterocycles. The van der Waals surface area contributed by atoms with Crippen molar-refractivity contribution in [3.8, 4) is 0 Å². The number of hydrogen-bond donors (Lipinski definition) is 1. The molecule has 1 aliphatic rings. The van der Waals surface area contributed by atoms with Crippen LogP contribution in [0.3, 0.4) is 0 Å². The maximum atomic E-state index is 12.2. The molecule has 1 aliphatic heterocycles. The van der Waals surface area contributed by atoms with Gasteiger partial charge in [-0.2, -0.15) is 0 Å². The van der Waals surface area contributed by atoms with Crippen molar-refractivity contribution in [2.45, 2.75) is 25.4 Å². The second-order valence-corrected chi connectivity index (χ2v) is 4.72. The van der Waals surface area contributed by atoms with Crippen LogP contribution in [0.2, 0.25) is 0 Å². The summed E-state index contributed by atoms with van der Waals surface area (Å²) in [6.45, 7) is 2.86. The van der Waals surface area contributed by atoms with Gasteiger partial charge in [0.2, 0.25) is 0 Å². The Morgan fingerprint density at radius 1 is 1.42 bits per heavy atom. The van der Waals surface area contributed by atoms with E-state index in [2.05, 4.69) is 4.98 Å². The van der Waals surface area contributed by atoms with Gasteiger partial charge in [-0.15, -0.1) is 0 Å². The SMILES string of the molecule is NCCCOC1CCN(C(=O)c2ccccn2)CC1. The number of ether oxygens (including phenoxy) is 1. The van der Waals surface area contributed by atoms with Crippen molar-refractivity contribution in [2.75, 3.05) is 26.2 Å². The van der Waals surface area contributed by atoms with Gasteiger partial charge in [0.25, 0.3) is 5.91 Å². The monoisotopic (exact) mass is 263 g/mol. The Bertz CT molecular complexity index is 389. The number of pyridine rings is 1. The summed E-state index contributed by atoms with van der Waals surface area (Å²) in [5, 5.41) is 0. The fraction of sp³-hybridized carbons (Fsp3) is 0.571. The molecule has 19 heavy (non-hydrogen) atoms. The van der Waals surface area contributed by atoms with E-state index in [9.17, 15) is 4.79 Å². The molecular formula is C14H21N3O2. The number of rotatable bonds is 5. The van der Waals surface area contributed by atoms with Crippen molar-refractivity contribution >= 4 is 5.91 Å². The van der Waals surface area contributed by atoms with Crippen molar-refractivity contribution in [1.29, 1.82) is 0 Å². The largest absolute Gasteiger partial charge is 0.378 e. The standard InChI is InChI=1S/C14H21N3O2/c15-7-3-11-19-12-5-9-17(10-6-12)14(18)13-4-1-2-8-16-13/h1-2,4,8,12H,3,5-7,9-11,15H2. The summed E-state index contributed by atoms with van der Waals surface area (Å²) >= 11 is 0. The van der Waals surface area contributed by atoms with E-state index in [1.807, 2.05) is 17.0 Å². The number of nitrogens with two attached hydrogens (primary N) is 1. The highest BCUT2D eigenvalue weighted by atomic mass is 16.5. The molecule has 0 atom stereocenters. The third kappa shape index (κ3) is 4.01. The second-order valence-electron chi connectivity index (χ2n) is 4.72. The minimum atomic E-state index is 0.0148. The molecule has 0 saturated carbocycles. The minimum absolute atomic E-state index is 0.0148. The number of piperidine rings is 1. The lowest BCUT2D eigenvalue weighted by Gasteiger charge is -2.31. The van der Waals surface area contributed by atoms with Gasteiger partial charge in [0.05, 0.1) is 6.10 Å². The van der Waals surface area contributed by atoms with E-state index in [0.29, 0.717) is 12.2 Å². The minimum Gasteiger partial charge on any atom is -0.378 e. The van der Waals surface area contributed by atoms with Gasteiger partial charge >= 0.3 is 0 Å². The molecule has 0 bridgehead atoms. The molecule has 2 N–H and O–H groups in total. The van der Waals surface area contributed by atoms with Gasteiger partial charge in [0.1, 0.15) is 5.69 Å². The maximum Gasteiger partial charge on any atom is 0.272 e. The summed E-state index contributed by atoms with van der Waals surface area (Å²) in [6, 6.07) is 5.41. The van der Waals surface area contributed by atoms with Crippen LogP contribution in [0.1, 0.15) is 29.8 Å². The van der Waals surface area contributed by atoms with Crippen LogP contribution in [0, 0.1) is 0 Å². The van der Waals surface area contributed by atoms with Crippen LogP contribution in [-0.4, -0.2) is 48.1 Å². The van der Waals surface area contributed by atoms with Gasteiger partial charge < -0.3 is 15.4 Å². The predicted molar refractivity (Wildman–Crippen MR) is 72.8 cm³/mol. The van der Waals surface area contributed by atoms with E-state index in [1.165, 1.54) is 0 Å². The van der Waals surface area contributed by atoms with Crippen LogP contribution in [0.15, 0.2) is 24.4 Å². The zero-order chi connectivity index (χ0) is 13.5. The average Bonchev–Trinajstić information content (AvgIpc) is 2.48. The van der Waals surface area contributed by atoms with Gasteiger partial charge in [0.15, 0.2) is 0 Å². The average molecular weight is 263 g/mol. The Labute approximate surface area is 113 Å². The lowest BCUT2D eigenvalue weighted by Crippen LogP contribution is -2.41. The van der Waals surface area contributed by atoms with Crippen LogP contribution in [0.25, 0.3) is 0 Å². The summed E-state index contributed by atoms with van der Waals surface area (Å²) in [4.78, 5) is 18.1. The quantitative estimate of drug-likeness (QED) is 0.806. The molecule has 0 aromatic carbocycles. The van der Waals surface area contributed by atoms with Gasteiger partial charge in [0, 0.05) is 25.9 Å². The lowest BCUT2D eigenvalue weighted by molar-refractivity contribution is 0.00829. The zero-order valence-corrected chi connectivity index (χ0v) is 11.1. The smallest absolute Gasteiger partial charge is 0.272 e. The Morgan fingerprint density at radius 2 is 2.21 bits per heavy atom. The van der Waals surface area contributed by atoms with Crippen LogP contribution in [-0.2, 0) is 4.74 Å². The molecule has 1 saturated heterocycles. The fourth-order valence-electron chi connectivity index (χ4n) is 2.21. The molecule has 5 heteroatoms. The highest BCUT2D eigenvalue weighted by molar-refractivity contribution is 5.92. The van der Waals surface area contributed by atoms with Crippen molar-refractivity contribution < 1.29 is 9.53 Å². The summed E-state index contributed by atoms with van der Waals surface area (Å²) in [6.07, 6.45) is 4.59. The number of aromatic nitrogens is 1. The fourth-order valence-corrected chi connectivity index (χ4v) is 2.21. The van der Waals surface area contributed by atoms with Crippen molar-refractivity contribution in [2.24, 2.45) is 5.73 Å². The van der Waals surface area contributed by atoms with E-state index in [0.717, 1.165) is 39.0 Å². The number of nitrogens with zero attached hydrogens (tertiary/aromatic N) is 2. The molecule has 0 aliphatic carbocycles. The van der Waals surface area contributed by atoms with Crippen molar-refractivity contribution in [3.63, 3.8) is 0 Å². The molecular weight excluding hydrogens is 242 g/mol. The van der Waals surface area contributed by atoms with Crippen LogP contribution < -0.4 is 5.73 Å². The first kappa shape index (κ1) is 14.0. The van der Waals surface area contributed by atoms with Crippen molar-refractivity contribution in [3.05, 3.63) is 30.1 Å². The molecule has 104 valence electrons. The topological polar surface area (TPSA) is 68.5 Å². The third-order valence-electron chi connectivity index (χ3n) is 3.32. The molecule has 1 aromatic rings. The van der Waals surface area contributed by atoms with E-state index >= 15 is 0 Å². The number of carbonyl (C=O) groups excluding carboxylic acids is 1. The molecule has 2 rings (SSSR count). The Morgan fingerprint density at radius 3 is 2.84 bits per heavy atom. The first-order chi connectivity index (χ1) is 9.31. The van der Waals surface area contributed by atoms with Crippen LogP contribution in [0.5, 0.6) is 0 Å². The summed E-state index contributed by atoms with van der Waals surface area (Å²) in [5.41, 5.74) is 5.95. The molecule has 0 spiro atoms. The number of likely N-dealkylation sites (tertiary alicyclic amines) is 1. The molecule has 5 nitrogen and oxygen atoms in total. The molecule has 1 aromatic heterocycles. The summed E-state index contributed by atoms with van der Waals surface area (Å²) in [7, 11) is 0. The van der Waals surface area contributed by atoms with E-state index < -0.39 is 0 Å². The predicted octanol–water partition coefficient (Wildman–Crippen LogP) is 1.05. The third-order valence-corrected chi connectivity index (χ3v) is 3.32. The second kappa shape index (κ2) is 7.21. The van der Waals surface area contributed by atoms with Gasteiger partial charge in [-0.3, -0.25) is 9.78 Å². The molecule has 0 radical (unpaired) electrons. The van der Waals surface area contributed by atoms with Crippen LogP contribution >= 0.6 is 0 Å². The Balaban J connectivity index is 1.78. The van der Waals surface area contributed by atoms with E-state index in [4.69, 9.17) is 10.5 Å². The van der Waals surface area contributed by atoms with Gasteiger partial charge in [-0.1, -0.05) is 6.07 Å². The van der Waals surface area contributed by atoms with Gasteiger partial charge in [-0.05, 0) is 37.9 Å². The number of amides is 1. The Kier molecular flexibility index (Phi) is 5.30. The maximum absolute atomic E-state index is 12.2. The highest BCUT2D eigenvalue weighted by Crippen LogP contribution is 2.15. The first-order valence-corrected chi connectivity index (χ1v) is 6.83. The van der Waals surface area contributed by atoms with E-state index in [1.54, 1.807) is 12.3 Å². The number of carbonyl (C=O) groups is 1. The van der Waals surface area contributed by atoms with E-state index in [-0.39, 0.29) is 12.0 Å². The zero-order valence-electron chi connectivity index (χ0n) is 11.1.